The van der Waals surface area contributed by atoms with Crippen LogP contribution in [0.1, 0.15) is 57.9 Å². The van der Waals surface area contributed by atoms with Gasteiger partial charge >= 0.3 is 0 Å². The Hall–Kier alpha value is -1.24. The molecule has 0 radical (unpaired) electrons. The van der Waals surface area contributed by atoms with E-state index in [1.165, 1.54) is 62.9 Å². The Kier molecular flexibility index (Phi) is 8.04. The van der Waals surface area contributed by atoms with E-state index in [4.69, 9.17) is 0 Å². The fourth-order valence-electron chi connectivity index (χ4n) is 2.30. The van der Waals surface area contributed by atoms with Gasteiger partial charge in [0.25, 0.3) is 0 Å². The molecule has 0 aliphatic carbocycles. The van der Waals surface area contributed by atoms with Crippen LogP contribution in [-0.2, 0) is 0 Å². The van der Waals surface area contributed by atoms with E-state index in [9.17, 15) is 0 Å². The van der Waals surface area contributed by atoms with E-state index >= 15 is 0 Å². The molecule has 0 N–H and O–H groups in total. The lowest BCUT2D eigenvalue weighted by Crippen LogP contribution is -2.25. The van der Waals surface area contributed by atoms with Crippen LogP contribution in [0.25, 0.3) is 6.08 Å². The van der Waals surface area contributed by atoms with Gasteiger partial charge in [-0.3, -0.25) is 0 Å². The molecule has 0 aromatic heterocycles. The smallest absolute Gasteiger partial charge is 0.0366 e. The van der Waals surface area contributed by atoms with Gasteiger partial charge in [-0.2, -0.15) is 0 Å². The Balaban J connectivity index is 2.60. The molecule has 1 nitrogen and oxygen atoms in total. The van der Waals surface area contributed by atoms with Crippen molar-refractivity contribution in [1.29, 1.82) is 0 Å². The van der Waals surface area contributed by atoms with Crippen LogP contribution in [0.4, 0.5) is 5.69 Å². The second kappa shape index (κ2) is 9.66. The van der Waals surface area contributed by atoms with E-state index in [1.54, 1.807) is 0 Å². The molecule has 0 aliphatic heterocycles. The molecular weight excluding hydrogens is 230 g/mol. The number of unbranched alkanes of at least 4 members (excludes halogenated alkanes) is 4. The first kappa shape index (κ1) is 15.8. The monoisotopic (exact) mass is 259 g/mol. The number of rotatable bonds is 10. The molecule has 0 aliphatic rings. The Morgan fingerprint density at radius 1 is 0.895 bits per heavy atom. The summed E-state index contributed by atoms with van der Waals surface area (Å²) in [7, 11) is 0. The molecule has 19 heavy (non-hydrogen) atoms. The Morgan fingerprint density at radius 3 is 1.84 bits per heavy atom. The van der Waals surface area contributed by atoms with Crippen molar-refractivity contribution in [3.63, 3.8) is 0 Å². The Labute approximate surface area is 119 Å². The predicted molar refractivity (Wildman–Crippen MR) is 87.8 cm³/mol. The first-order chi connectivity index (χ1) is 9.31. The van der Waals surface area contributed by atoms with Gasteiger partial charge in [-0.25, -0.2) is 0 Å². The molecule has 1 aromatic carbocycles. The number of benzene rings is 1. The van der Waals surface area contributed by atoms with Crippen LogP contribution in [0, 0.1) is 0 Å². The van der Waals surface area contributed by atoms with Crippen molar-refractivity contribution in [2.75, 3.05) is 18.0 Å². The van der Waals surface area contributed by atoms with Gasteiger partial charge < -0.3 is 4.90 Å². The van der Waals surface area contributed by atoms with Gasteiger partial charge in [-0.1, -0.05) is 64.3 Å². The molecule has 0 amide bonds. The van der Waals surface area contributed by atoms with Crippen molar-refractivity contribution >= 4 is 11.8 Å². The van der Waals surface area contributed by atoms with Crippen LogP contribution >= 0.6 is 0 Å². The van der Waals surface area contributed by atoms with Crippen molar-refractivity contribution in [2.24, 2.45) is 0 Å². The maximum absolute atomic E-state index is 3.81. The zero-order valence-corrected chi connectivity index (χ0v) is 12.7. The van der Waals surface area contributed by atoms with Gasteiger partial charge in [-0.05, 0) is 30.5 Å². The summed E-state index contributed by atoms with van der Waals surface area (Å²) in [5.41, 5.74) is 2.56. The summed E-state index contributed by atoms with van der Waals surface area (Å²) in [5, 5.41) is 0. The second-order valence-electron chi connectivity index (χ2n) is 5.20. The molecule has 106 valence electrons. The molecular formula is C18H29N. The van der Waals surface area contributed by atoms with Crippen LogP contribution < -0.4 is 4.90 Å². The van der Waals surface area contributed by atoms with Crippen molar-refractivity contribution in [1.82, 2.24) is 0 Å². The summed E-state index contributed by atoms with van der Waals surface area (Å²) < 4.78 is 0. The van der Waals surface area contributed by atoms with Crippen LogP contribution in [-0.4, -0.2) is 13.1 Å². The second-order valence-corrected chi connectivity index (χ2v) is 5.20. The molecule has 0 saturated carbocycles. The molecule has 0 spiro atoms. The Morgan fingerprint density at radius 2 is 1.42 bits per heavy atom. The summed E-state index contributed by atoms with van der Waals surface area (Å²) >= 11 is 0. The number of hydrogen-bond donors (Lipinski definition) is 0. The number of anilines is 1. The SMILES string of the molecule is C=Cc1ccc(N(CCCCC)CCCCC)cc1. The van der Waals surface area contributed by atoms with Crippen LogP contribution in [0.3, 0.4) is 0 Å². The van der Waals surface area contributed by atoms with Crippen LogP contribution in [0.15, 0.2) is 30.8 Å². The van der Waals surface area contributed by atoms with E-state index in [2.05, 4.69) is 49.6 Å². The van der Waals surface area contributed by atoms with E-state index in [1.807, 2.05) is 6.08 Å². The summed E-state index contributed by atoms with van der Waals surface area (Å²) in [6.45, 7) is 10.7. The topological polar surface area (TPSA) is 3.24 Å². The quantitative estimate of drug-likeness (QED) is 0.500. The fraction of sp³-hybridized carbons (Fsp3) is 0.556. The van der Waals surface area contributed by atoms with E-state index in [0.717, 1.165) is 0 Å². The minimum absolute atomic E-state index is 1.19. The van der Waals surface area contributed by atoms with Crippen molar-refractivity contribution in [3.05, 3.63) is 36.4 Å². The van der Waals surface area contributed by atoms with Gasteiger partial charge in [-0.15, -0.1) is 0 Å². The Bertz CT molecular complexity index is 329. The predicted octanol–water partition coefficient (Wildman–Crippen LogP) is 5.52. The van der Waals surface area contributed by atoms with E-state index in [-0.39, 0.29) is 0 Å². The fourth-order valence-corrected chi connectivity index (χ4v) is 2.30. The highest BCUT2D eigenvalue weighted by molar-refractivity contribution is 5.54. The molecule has 0 heterocycles. The van der Waals surface area contributed by atoms with Crippen LogP contribution in [0.2, 0.25) is 0 Å². The van der Waals surface area contributed by atoms with E-state index in [0.29, 0.717) is 0 Å². The molecule has 1 aromatic rings. The first-order valence-electron chi connectivity index (χ1n) is 7.79. The third-order valence-corrected chi connectivity index (χ3v) is 3.56. The zero-order chi connectivity index (χ0) is 13.9. The lowest BCUT2D eigenvalue weighted by molar-refractivity contribution is 0.636. The lowest BCUT2D eigenvalue weighted by Gasteiger charge is -2.25. The minimum atomic E-state index is 1.19. The highest BCUT2D eigenvalue weighted by Gasteiger charge is 2.05. The van der Waals surface area contributed by atoms with Gasteiger partial charge in [0.05, 0.1) is 0 Å². The first-order valence-corrected chi connectivity index (χ1v) is 7.79. The summed E-state index contributed by atoms with van der Waals surface area (Å²) in [6.07, 6.45) is 9.74. The molecule has 0 unspecified atom stereocenters. The lowest BCUT2D eigenvalue weighted by atomic mass is 10.1. The number of hydrogen-bond acceptors (Lipinski definition) is 1. The molecule has 0 atom stereocenters. The van der Waals surface area contributed by atoms with Gasteiger partial charge in [0.2, 0.25) is 0 Å². The van der Waals surface area contributed by atoms with Gasteiger partial charge in [0.15, 0.2) is 0 Å². The third-order valence-electron chi connectivity index (χ3n) is 3.56. The average Bonchev–Trinajstić information content (AvgIpc) is 2.46. The maximum atomic E-state index is 3.81. The minimum Gasteiger partial charge on any atom is -0.372 e. The van der Waals surface area contributed by atoms with Crippen LogP contribution in [0.5, 0.6) is 0 Å². The highest BCUT2D eigenvalue weighted by atomic mass is 15.1. The highest BCUT2D eigenvalue weighted by Crippen LogP contribution is 2.18. The summed E-state index contributed by atoms with van der Waals surface area (Å²) in [4.78, 5) is 2.54. The molecule has 0 bridgehead atoms. The normalized spacial score (nSPS) is 10.4. The summed E-state index contributed by atoms with van der Waals surface area (Å²) in [5.74, 6) is 0. The zero-order valence-electron chi connectivity index (χ0n) is 12.7. The number of nitrogens with zero attached hydrogens (tertiary/aromatic N) is 1. The summed E-state index contributed by atoms with van der Waals surface area (Å²) in [6, 6.07) is 8.79. The third kappa shape index (κ3) is 5.96. The molecule has 0 saturated heterocycles. The average molecular weight is 259 g/mol. The standard InChI is InChI=1S/C18H29N/c1-4-7-9-15-19(16-10-8-5-2)18-13-11-17(6-3)12-14-18/h6,11-14H,3-5,7-10,15-16H2,1-2H3. The molecule has 1 heteroatoms. The van der Waals surface area contributed by atoms with E-state index < -0.39 is 0 Å². The van der Waals surface area contributed by atoms with Crippen molar-refractivity contribution in [2.45, 2.75) is 52.4 Å². The molecule has 0 fully saturated rings. The molecule has 1 rings (SSSR count). The largest absolute Gasteiger partial charge is 0.372 e. The van der Waals surface area contributed by atoms with Crippen molar-refractivity contribution < 1.29 is 0 Å². The van der Waals surface area contributed by atoms with Gasteiger partial charge in [0.1, 0.15) is 0 Å². The van der Waals surface area contributed by atoms with Crippen molar-refractivity contribution in [3.8, 4) is 0 Å². The maximum Gasteiger partial charge on any atom is 0.0366 e. The van der Waals surface area contributed by atoms with Gasteiger partial charge in [0, 0.05) is 18.8 Å².